The van der Waals surface area contributed by atoms with Crippen LogP contribution >= 0.6 is 0 Å². The first-order chi connectivity index (χ1) is 8.76. The number of ether oxygens (including phenoxy) is 1. The molecule has 1 saturated heterocycles. The fraction of sp³-hybridized carbons (Fsp3) is 0.562. The zero-order valence-electron chi connectivity index (χ0n) is 11.3. The number of ketones is 1. The molecule has 1 aromatic carbocycles. The van der Waals surface area contributed by atoms with Gasteiger partial charge < -0.3 is 4.74 Å². The van der Waals surface area contributed by atoms with Crippen LogP contribution in [0.3, 0.4) is 0 Å². The molecule has 0 aromatic heterocycles. The van der Waals surface area contributed by atoms with Gasteiger partial charge in [-0.15, -0.1) is 0 Å². The molecule has 0 amide bonds. The molecule has 0 N–H and O–H groups in total. The quantitative estimate of drug-likeness (QED) is 0.741. The number of benzene rings is 1. The van der Waals surface area contributed by atoms with Gasteiger partial charge in [-0.2, -0.15) is 0 Å². The van der Waals surface area contributed by atoms with Crippen LogP contribution in [0.5, 0.6) is 0 Å². The minimum atomic E-state index is 0.0621. The lowest BCUT2D eigenvalue weighted by Gasteiger charge is -2.15. The van der Waals surface area contributed by atoms with E-state index in [0.717, 1.165) is 37.9 Å². The molecule has 18 heavy (non-hydrogen) atoms. The number of rotatable bonds is 5. The van der Waals surface area contributed by atoms with Gasteiger partial charge >= 0.3 is 0 Å². The topological polar surface area (TPSA) is 26.3 Å². The summed E-state index contributed by atoms with van der Waals surface area (Å²) in [5, 5.41) is 0. The van der Waals surface area contributed by atoms with E-state index in [1.54, 1.807) is 0 Å². The Hall–Kier alpha value is -1.15. The zero-order chi connectivity index (χ0) is 13.0. The maximum absolute atomic E-state index is 12.4. The lowest BCUT2D eigenvalue weighted by atomic mass is 9.90. The summed E-state index contributed by atoms with van der Waals surface area (Å²) < 4.78 is 5.60. The van der Waals surface area contributed by atoms with E-state index in [1.807, 2.05) is 12.1 Å². The van der Waals surface area contributed by atoms with E-state index in [9.17, 15) is 4.79 Å². The van der Waals surface area contributed by atoms with E-state index < -0.39 is 0 Å². The largest absolute Gasteiger partial charge is 0.377 e. The van der Waals surface area contributed by atoms with Crippen LogP contribution < -0.4 is 0 Å². The van der Waals surface area contributed by atoms with Crippen molar-refractivity contribution in [1.82, 2.24) is 0 Å². The predicted octanol–water partition coefficient (Wildman–Crippen LogP) is 3.64. The van der Waals surface area contributed by atoms with E-state index >= 15 is 0 Å². The molecule has 1 aliphatic rings. The van der Waals surface area contributed by atoms with Crippen molar-refractivity contribution in [3.63, 3.8) is 0 Å². The van der Waals surface area contributed by atoms with Gasteiger partial charge in [-0.05, 0) is 24.8 Å². The first kappa shape index (κ1) is 13.3. The van der Waals surface area contributed by atoms with Crippen molar-refractivity contribution in [2.75, 3.05) is 6.61 Å². The molecule has 2 rings (SSSR count). The van der Waals surface area contributed by atoms with Crippen molar-refractivity contribution in [3.8, 4) is 0 Å². The van der Waals surface area contributed by atoms with Crippen LogP contribution in [0.15, 0.2) is 24.3 Å². The summed E-state index contributed by atoms with van der Waals surface area (Å²) in [6.45, 7) is 4.98. The van der Waals surface area contributed by atoms with Gasteiger partial charge in [0.15, 0.2) is 5.78 Å². The second-order valence-corrected chi connectivity index (χ2v) is 5.02. The summed E-state index contributed by atoms with van der Waals surface area (Å²) in [6.07, 6.45) is 4.13. The predicted molar refractivity (Wildman–Crippen MR) is 72.9 cm³/mol. The molecule has 98 valence electrons. The summed E-state index contributed by atoms with van der Waals surface area (Å²) in [7, 11) is 0. The van der Waals surface area contributed by atoms with E-state index in [2.05, 4.69) is 26.0 Å². The van der Waals surface area contributed by atoms with Crippen molar-refractivity contribution in [1.29, 1.82) is 0 Å². The van der Waals surface area contributed by atoms with Gasteiger partial charge in [0.05, 0.1) is 12.0 Å². The monoisotopic (exact) mass is 246 g/mol. The van der Waals surface area contributed by atoms with Crippen molar-refractivity contribution < 1.29 is 9.53 Å². The van der Waals surface area contributed by atoms with Crippen LogP contribution in [0.2, 0.25) is 0 Å². The molecule has 0 radical (unpaired) electrons. The average molecular weight is 246 g/mol. The van der Waals surface area contributed by atoms with Crippen LogP contribution in [-0.2, 0) is 11.2 Å². The highest BCUT2D eigenvalue weighted by atomic mass is 16.5. The smallest absolute Gasteiger partial charge is 0.168 e. The highest BCUT2D eigenvalue weighted by molar-refractivity contribution is 5.98. The molecule has 1 fully saturated rings. The third-order valence-electron chi connectivity index (χ3n) is 3.73. The minimum Gasteiger partial charge on any atom is -0.377 e. The lowest BCUT2D eigenvalue weighted by Crippen LogP contribution is -2.23. The fourth-order valence-corrected chi connectivity index (χ4v) is 2.69. The van der Waals surface area contributed by atoms with E-state index in [1.165, 1.54) is 5.56 Å². The molecule has 2 heteroatoms. The maximum atomic E-state index is 12.4. The molecule has 2 atom stereocenters. The van der Waals surface area contributed by atoms with Gasteiger partial charge in [0, 0.05) is 12.2 Å². The second-order valence-electron chi connectivity index (χ2n) is 5.02. The van der Waals surface area contributed by atoms with Gasteiger partial charge in [0.2, 0.25) is 0 Å². The van der Waals surface area contributed by atoms with Crippen molar-refractivity contribution in [2.45, 2.75) is 45.6 Å². The summed E-state index contributed by atoms with van der Waals surface area (Å²) in [5.41, 5.74) is 2.15. The number of hydrogen-bond donors (Lipinski definition) is 0. The molecular weight excluding hydrogens is 224 g/mol. The number of hydrogen-bond acceptors (Lipinski definition) is 2. The molecule has 2 nitrogen and oxygen atoms in total. The Labute approximate surface area is 109 Å². The Bertz CT molecular complexity index is 394. The fourth-order valence-electron chi connectivity index (χ4n) is 2.69. The summed E-state index contributed by atoms with van der Waals surface area (Å²) in [4.78, 5) is 12.4. The number of aryl methyl sites for hydroxylation is 1. The Morgan fingerprint density at radius 2 is 2.00 bits per heavy atom. The Balaban J connectivity index is 2.08. The van der Waals surface area contributed by atoms with Crippen LogP contribution in [0.1, 0.15) is 49.0 Å². The van der Waals surface area contributed by atoms with Gasteiger partial charge in [-0.3, -0.25) is 4.79 Å². The third kappa shape index (κ3) is 2.81. The van der Waals surface area contributed by atoms with Gasteiger partial charge in [0.1, 0.15) is 0 Å². The van der Waals surface area contributed by atoms with Gasteiger partial charge in [-0.1, -0.05) is 44.5 Å². The summed E-state index contributed by atoms with van der Waals surface area (Å²) in [5.74, 6) is 0.314. The number of Topliss-reactive ketones (excluding diaryl/α,β-unsaturated/α-hetero) is 1. The van der Waals surface area contributed by atoms with E-state index in [4.69, 9.17) is 4.74 Å². The minimum absolute atomic E-state index is 0.0621. The molecule has 1 aliphatic heterocycles. The second kappa shape index (κ2) is 6.14. The SMILES string of the molecule is CCCc1ccc(C(=O)C2CCOC2CC)cc1. The van der Waals surface area contributed by atoms with Crippen molar-refractivity contribution >= 4 is 5.78 Å². The van der Waals surface area contributed by atoms with Crippen molar-refractivity contribution in [2.24, 2.45) is 5.92 Å². The Morgan fingerprint density at radius 3 is 2.61 bits per heavy atom. The number of carbonyl (C=O) groups is 1. The number of carbonyl (C=O) groups excluding carboxylic acids is 1. The molecule has 0 saturated carbocycles. The summed E-state index contributed by atoms with van der Waals surface area (Å²) >= 11 is 0. The van der Waals surface area contributed by atoms with Crippen LogP contribution in [0.25, 0.3) is 0 Å². The van der Waals surface area contributed by atoms with Gasteiger partial charge in [-0.25, -0.2) is 0 Å². The first-order valence-corrected chi connectivity index (χ1v) is 7.01. The van der Waals surface area contributed by atoms with Crippen LogP contribution in [0.4, 0.5) is 0 Å². The van der Waals surface area contributed by atoms with Gasteiger partial charge in [0.25, 0.3) is 0 Å². The molecule has 0 aliphatic carbocycles. The zero-order valence-corrected chi connectivity index (χ0v) is 11.3. The molecule has 2 unspecified atom stereocenters. The summed E-state index contributed by atoms with van der Waals surface area (Å²) in [6, 6.07) is 8.09. The Morgan fingerprint density at radius 1 is 1.28 bits per heavy atom. The molecule has 1 aromatic rings. The van der Waals surface area contributed by atoms with Crippen LogP contribution in [-0.4, -0.2) is 18.5 Å². The normalized spacial score (nSPS) is 23.2. The van der Waals surface area contributed by atoms with Crippen molar-refractivity contribution in [3.05, 3.63) is 35.4 Å². The molecule has 0 spiro atoms. The highest BCUT2D eigenvalue weighted by Crippen LogP contribution is 2.27. The molecule has 1 heterocycles. The van der Waals surface area contributed by atoms with E-state index in [0.29, 0.717) is 0 Å². The standard InChI is InChI=1S/C16H22O2/c1-3-5-12-6-8-13(9-7-12)16(17)14-10-11-18-15(14)4-2/h6-9,14-15H,3-5,10-11H2,1-2H3. The third-order valence-corrected chi connectivity index (χ3v) is 3.73. The first-order valence-electron chi connectivity index (χ1n) is 7.01. The lowest BCUT2D eigenvalue weighted by molar-refractivity contribution is 0.0689. The average Bonchev–Trinajstić information content (AvgIpc) is 2.87. The molecule has 0 bridgehead atoms. The highest BCUT2D eigenvalue weighted by Gasteiger charge is 2.33. The Kier molecular flexibility index (Phi) is 4.54. The maximum Gasteiger partial charge on any atom is 0.168 e. The van der Waals surface area contributed by atoms with E-state index in [-0.39, 0.29) is 17.8 Å². The molecular formula is C16H22O2. The van der Waals surface area contributed by atoms with Crippen LogP contribution in [0, 0.1) is 5.92 Å².